The molecule has 142 valence electrons. The first-order chi connectivity index (χ1) is 12.5. The van der Waals surface area contributed by atoms with Crippen molar-refractivity contribution in [2.75, 3.05) is 31.8 Å². The van der Waals surface area contributed by atoms with Crippen molar-refractivity contribution in [1.29, 1.82) is 0 Å². The number of amides is 3. The predicted molar refractivity (Wildman–Crippen MR) is 98.9 cm³/mol. The zero-order valence-corrected chi connectivity index (χ0v) is 15.8. The summed E-state index contributed by atoms with van der Waals surface area (Å²) in [7, 11) is 1.26. The van der Waals surface area contributed by atoms with E-state index in [1.807, 2.05) is 6.92 Å². The molecule has 2 heterocycles. The van der Waals surface area contributed by atoms with Gasteiger partial charge < -0.3 is 20.3 Å². The number of pyridine rings is 1. The highest BCUT2D eigenvalue weighted by atomic mass is 32.2. The molecule has 1 fully saturated rings. The lowest BCUT2D eigenvalue weighted by Crippen LogP contribution is -2.48. The minimum Gasteiger partial charge on any atom is -0.453 e. The molecule has 26 heavy (non-hydrogen) atoms. The average Bonchev–Trinajstić information content (AvgIpc) is 3.18. The largest absolute Gasteiger partial charge is 0.453 e. The topological polar surface area (TPSA) is 101 Å². The molecule has 1 aliphatic rings. The third-order valence-corrected chi connectivity index (χ3v) is 4.93. The first kappa shape index (κ1) is 20.0. The number of nitrogens with zero attached hydrogens (tertiary/aromatic N) is 2. The van der Waals surface area contributed by atoms with Crippen molar-refractivity contribution in [3.05, 3.63) is 29.6 Å². The highest BCUT2D eigenvalue weighted by Crippen LogP contribution is 2.15. The molecule has 3 amide bonds. The van der Waals surface area contributed by atoms with Gasteiger partial charge in [-0.3, -0.25) is 14.6 Å². The number of nitrogens with one attached hydrogen (secondary N) is 2. The van der Waals surface area contributed by atoms with Crippen LogP contribution in [0.2, 0.25) is 0 Å². The second-order valence-corrected chi connectivity index (χ2v) is 6.99. The molecule has 0 aromatic carbocycles. The molecule has 1 aromatic heterocycles. The van der Waals surface area contributed by atoms with Crippen LogP contribution in [-0.4, -0.2) is 65.7 Å². The molecular weight excluding hydrogens is 356 g/mol. The van der Waals surface area contributed by atoms with E-state index < -0.39 is 12.1 Å². The van der Waals surface area contributed by atoms with Crippen LogP contribution in [0.4, 0.5) is 4.79 Å². The van der Waals surface area contributed by atoms with Gasteiger partial charge in [-0.15, -0.1) is 11.8 Å². The maximum absolute atomic E-state index is 12.5. The van der Waals surface area contributed by atoms with Crippen LogP contribution in [-0.2, 0) is 9.53 Å². The normalized spacial score (nSPS) is 14.6. The van der Waals surface area contributed by atoms with Gasteiger partial charge in [-0.2, -0.15) is 0 Å². The molecule has 2 N–H and O–H groups in total. The Bertz CT molecular complexity index is 632. The van der Waals surface area contributed by atoms with Crippen molar-refractivity contribution >= 4 is 29.7 Å². The van der Waals surface area contributed by atoms with E-state index in [4.69, 9.17) is 0 Å². The molecular formula is C17H24N4O4S. The standard InChI is InChI=1S/C17H24N4O4S/c1-12-5-6-13(10-19-12)15(22)18-7-3-4-14(20-17(24)25-2)16(23)21-8-9-26-11-21/h5-6,10,14H,3-4,7-9,11H2,1-2H3,(H,18,22)(H,20,24)/t14-/m0/s1. The zero-order valence-electron chi connectivity index (χ0n) is 15.0. The van der Waals surface area contributed by atoms with E-state index in [9.17, 15) is 14.4 Å². The third kappa shape index (κ3) is 5.91. The second-order valence-electron chi connectivity index (χ2n) is 5.91. The lowest BCUT2D eigenvalue weighted by molar-refractivity contribution is -0.132. The molecule has 0 radical (unpaired) electrons. The molecule has 0 bridgehead atoms. The molecule has 1 aliphatic heterocycles. The Labute approximate surface area is 157 Å². The van der Waals surface area contributed by atoms with E-state index in [1.54, 1.807) is 28.8 Å². The number of hydrogen-bond donors (Lipinski definition) is 2. The zero-order chi connectivity index (χ0) is 18.9. The molecule has 0 spiro atoms. The van der Waals surface area contributed by atoms with Crippen molar-refractivity contribution in [1.82, 2.24) is 20.5 Å². The Morgan fingerprint density at radius 3 is 2.81 bits per heavy atom. The SMILES string of the molecule is COC(=O)N[C@@H](CCCNC(=O)c1ccc(C)nc1)C(=O)N1CCSC1. The third-order valence-electron chi connectivity index (χ3n) is 3.97. The average molecular weight is 380 g/mol. The maximum Gasteiger partial charge on any atom is 0.407 e. The molecule has 1 aromatic rings. The monoisotopic (exact) mass is 380 g/mol. The minimum atomic E-state index is -0.654. The molecule has 1 saturated heterocycles. The summed E-state index contributed by atoms with van der Waals surface area (Å²) in [6.07, 6.45) is 1.86. The van der Waals surface area contributed by atoms with E-state index in [1.165, 1.54) is 13.3 Å². The van der Waals surface area contributed by atoms with Crippen molar-refractivity contribution < 1.29 is 19.1 Å². The van der Waals surface area contributed by atoms with Crippen molar-refractivity contribution in [3.63, 3.8) is 0 Å². The van der Waals surface area contributed by atoms with Gasteiger partial charge in [0.15, 0.2) is 0 Å². The van der Waals surface area contributed by atoms with Crippen LogP contribution in [0, 0.1) is 6.92 Å². The van der Waals surface area contributed by atoms with Crippen LogP contribution < -0.4 is 10.6 Å². The molecule has 0 aliphatic carbocycles. The molecule has 8 nitrogen and oxygen atoms in total. The minimum absolute atomic E-state index is 0.116. The molecule has 1 atom stereocenters. The van der Waals surface area contributed by atoms with Gasteiger partial charge in [0.2, 0.25) is 5.91 Å². The fraction of sp³-hybridized carbons (Fsp3) is 0.529. The van der Waals surface area contributed by atoms with Gasteiger partial charge in [-0.25, -0.2) is 4.79 Å². The Morgan fingerprint density at radius 2 is 2.19 bits per heavy atom. The van der Waals surface area contributed by atoms with Gasteiger partial charge >= 0.3 is 6.09 Å². The Morgan fingerprint density at radius 1 is 1.38 bits per heavy atom. The number of ether oxygens (including phenoxy) is 1. The van der Waals surface area contributed by atoms with Crippen molar-refractivity contribution in [3.8, 4) is 0 Å². The van der Waals surface area contributed by atoms with E-state index in [0.717, 1.165) is 11.4 Å². The lowest BCUT2D eigenvalue weighted by atomic mass is 10.1. The summed E-state index contributed by atoms with van der Waals surface area (Å²) in [6.45, 7) is 2.93. The van der Waals surface area contributed by atoms with Gasteiger partial charge in [-0.1, -0.05) is 0 Å². The van der Waals surface area contributed by atoms with E-state index in [0.29, 0.717) is 37.4 Å². The first-order valence-corrected chi connectivity index (χ1v) is 9.58. The Hall–Kier alpha value is -2.29. The van der Waals surface area contributed by atoms with Crippen LogP contribution in [0.3, 0.4) is 0 Å². The Balaban J connectivity index is 1.81. The summed E-state index contributed by atoms with van der Waals surface area (Å²) in [5.74, 6) is 1.21. The summed E-state index contributed by atoms with van der Waals surface area (Å²) in [5.41, 5.74) is 1.34. The first-order valence-electron chi connectivity index (χ1n) is 8.43. The summed E-state index contributed by atoms with van der Waals surface area (Å²) < 4.78 is 4.60. The van der Waals surface area contributed by atoms with Gasteiger partial charge in [0.05, 0.1) is 18.6 Å². The number of rotatable bonds is 7. The van der Waals surface area contributed by atoms with E-state index >= 15 is 0 Å². The molecule has 0 saturated carbocycles. The maximum atomic E-state index is 12.5. The van der Waals surface area contributed by atoms with Gasteiger partial charge in [0.1, 0.15) is 6.04 Å². The van der Waals surface area contributed by atoms with E-state index in [2.05, 4.69) is 20.4 Å². The lowest BCUT2D eigenvalue weighted by Gasteiger charge is -2.23. The number of carbonyl (C=O) groups is 3. The fourth-order valence-corrected chi connectivity index (χ4v) is 3.43. The van der Waals surface area contributed by atoms with Crippen molar-refractivity contribution in [2.45, 2.75) is 25.8 Å². The number of aromatic nitrogens is 1. The van der Waals surface area contributed by atoms with Gasteiger partial charge in [-0.05, 0) is 31.9 Å². The fourth-order valence-electron chi connectivity index (χ4n) is 2.48. The number of aryl methyl sites for hydroxylation is 1. The number of alkyl carbamates (subject to hydrolysis) is 1. The summed E-state index contributed by atoms with van der Waals surface area (Å²) in [4.78, 5) is 41.9. The van der Waals surface area contributed by atoms with Gasteiger partial charge in [0.25, 0.3) is 5.91 Å². The molecule has 0 unspecified atom stereocenters. The van der Waals surface area contributed by atoms with Gasteiger partial charge in [0, 0.05) is 30.7 Å². The second kappa shape index (κ2) is 10.0. The summed E-state index contributed by atoms with van der Waals surface area (Å²) in [5, 5.41) is 5.38. The van der Waals surface area contributed by atoms with Crippen molar-refractivity contribution in [2.24, 2.45) is 0 Å². The van der Waals surface area contributed by atoms with Crippen LogP contribution in [0.15, 0.2) is 18.3 Å². The number of hydrogen-bond acceptors (Lipinski definition) is 6. The number of thioether (sulfide) groups is 1. The molecule has 2 rings (SSSR count). The van der Waals surface area contributed by atoms with E-state index in [-0.39, 0.29) is 11.8 Å². The Kier molecular flexibility index (Phi) is 7.71. The molecule has 9 heteroatoms. The number of methoxy groups -OCH3 is 1. The summed E-state index contributed by atoms with van der Waals surface area (Å²) >= 11 is 1.68. The van der Waals surface area contributed by atoms with Crippen LogP contribution in [0.25, 0.3) is 0 Å². The predicted octanol–water partition coefficient (Wildman–Crippen LogP) is 1.16. The number of carbonyl (C=O) groups excluding carboxylic acids is 3. The van der Waals surface area contributed by atoms with Crippen LogP contribution in [0.1, 0.15) is 28.9 Å². The highest BCUT2D eigenvalue weighted by molar-refractivity contribution is 7.99. The quantitative estimate of drug-likeness (QED) is 0.689. The summed E-state index contributed by atoms with van der Waals surface area (Å²) in [6, 6.07) is 2.84. The van der Waals surface area contributed by atoms with Crippen LogP contribution in [0.5, 0.6) is 0 Å². The smallest absolute Gasteiger partial charge is 0.407 e. The highest BCUT2D eigenvalue weighted by Gasteiger charge is 2.28. The van der Waals surface area contributed by atoms with Crippen LogP contribution >= 0.6 is 11.8 Å².